The lowest BCUT2D eigenvalue weighted by atomic mass is 9.81. The number of nitrogens with zero attached hydrogens (tertiary/aromatic N) is 2. The average Bonchev–Trinajstić information content (AvgIpc) is 3.13. The van der Waals surface area contributed by atoms with Crippen molar-refractivity contribution in [3.05, 3.63) is 70.6 Å². The van der Waals surface area contributed by atoms with Crippen LogP contribution in [0.15, 0.2) is 59.5 Å². The smallest absolute Gasteiger partial charge is 0.252 e. The van der Waals surface area contributed by atoms with Crippen LogP contribution in [0.4, 0.5) is 0 Å². The van der Waals surface area contributed by atoms with Crippen LogP contribution < -0.4 is 10.6 Å². The first kappa shape index (κ1) is 30.7. The summed E-state index contributed by atoms with van der Waals surface area (Å²) in [5.74, 6) is 1.40. The van der Waals surface area contributed by atoms with E-state index in [0.29, 0.717) is 12.5 Å². The number of amides is 1. The molecule has 0 saturated carbocycles. The van der Waals surface area contributed by atoms with Crippen LogP contribution in [-0.4, -0.2) is 42.6 Å². The van der Waals surface area contributed by atoms with Crippen molar-refractivity contribution in [2.45, 2.75) is 98.6 Å². The first-order valence-corrected chi connectivity index (χ1v) is 14.0. The molecule has 1 aliphatic heterocycles. The molecule has 5 nitrogen and oxygen atoms in total. The highest BCUT2D eigenvalue weighted by Crippen LogP contribution is 2.32. The van der Waals surface area contributed by atoms with E-state index in [-0.39, 0.29) is 17.4 Å². The Hall–Kier alpha value is -2.53. The molecule has 1 atom stereocenters. The zero-order valence-corrected chi connectivity index (χ0v) is 25.3. The molecule has 0 bridgehead atoms. The molecule has 2 N–H and O–H groups in total. The van der Waals surface area contributed by atoms with Gasteiger partial charge >= 0.3 is 0 Å². The molecule has 0 fully saturated rings. The van der Waals surface area contributed by atoms with Crippen LogP contribution in [0, 0.1) is 5.92 Å². The van der Waals surface area contributed by atoms with Gasteiger partial charge in [-0.3, -0.25) is 9.80 Å². The lowest BCUT2D eigenvalue weighted by Crippen LogP contribution is -2.46. The van der Waals surface area contributed by atoms with Gasteiger partial charge in [0.1, 0.15) is 5.82 Å². The van der Waals surface area contributed by atoms with Gasteiger partial charge in [0.05, 0.1) is 23.7 Å². The van der Waals surface area contributed by atoms with E-state index in [4.69, 9.17) is 0 Å². The predicted molar refractivity (Wildman–Crippen MR) is 158 cm³/mol. The van der Waals surface area contributed by atoms with Gasteiger partial charge in [-0.15, -0.1) is 0 Å². The molecular formula is C32H52N4O. The van der Waals surface area contributed by atoms with Crippen LogP contribution in [0.3, 0.4) is 0 Å². The molecule has 1 amide bonds. The molecule has 5 heteroatoms. The zero-order chi connectivity index (χ0) is 28.0. The summed E-state index contributed by atoms with van der Waals surface area (Å²) < 4.78 is 0. The second-order valence-corrected chi connectivity index (χ2v) is 11.9. The van der Waals surface area contributed by atoms with Gasteiger partial charge in [0.25, 0.3) is 5.91 Å². The van der Waals surface area contributed by atoms with Crippen molar-refractivity contribution in [1.29, 1.82) is 0 Å². The van der Waals surface area contributed by atoms with E-state index in [1.165, 1.54) is 11.1 Å². The summed E-state index contributed by atoms with van der Waals surface area (Å²) in [6.45, 7) is 20.2. The molecule has 206 valence electrons. The minimum atomic E-state index is -0.415. The molecule has 1 aromatic rings. The highest BCUT2D eigenvalue weighted by Gasteiger charge is 2.36. The number of rotatable bonds is 11. The van der Waals surface area contributed by atoms with Crippen LogP contribution in [0.2, 0.25) is 0 Å². The van der Waals surface area contributed by atoms with Crippen LogP contribution in [0.25, 0.3) is 0 Å². The van der Waals surface area contributed by atoms with Gasteiger partial charge in [-0.2, -0.15) is 0 Å². The quantitative estimate of drug-likeness (QED) is 0.329. The Balaban J connectivity index is 2.45. The van der Waals surface area contributed by atoms with Gasteiger partial charge in [0.15, 0.2) is 0 Å². The molecule has 0 aromatic heterocycles. The number of likely N-dealkylation sites (N-methyl/N-ethyl adjacent to an activating group) is 1. The molecular weight excluding hydrogens is 456 g/mol. The van der Waals surface area contributed by atoms with Crippen molar-refractivity contribution < 1.29 is 4.79 Å². The number of allylic oxidation sites excluding steroid dienone is 2. The van der Waals surface area contributed by atoms with Crippen LogP contribution in [-0.2, 0) is 15.7 Å². The number of hydrazine groups is 1. The summed E-state index contributed by atoms with van der Waals surface area (Å²) in [5, 5.41) is 11.4. The largest absolute Gasteiger partial charge is 0.363 e. The molecule has 0 saturated heterocycles. The van der Waals surface area contributed by atoms with E-state index >= 15 is 0 Å². The summed E-state index contributed by atoms with van der Waals surface area (Å²) in [7, 11) is 4.05. The Kier molecular flexibility index (Phi) is 10.6. The Morgan fingerprint density at radius 1 is 1.03 bits per heavy atom. The molecule has 0 aliphatic carbocycles. The fourth-order valence-corrected chi connectivity index (χ4v) is 5.15. The fraction of sp³-hybridized carbons (Fsp3) is 0.594. The highest BCUT2D eigenvalue weighted by atomic mass is 16.2. The minimum Gasteiger partial charge on any atom is -0.363 e. The summed E-state index contributed by atoms with van der Waals surface area (Å²) in [5.41, 5.74) is 4.17. The van der Waals surface area contributed by atoms with Gasteiger partial charge in [0.2, 0.25) is 0 Å². The predicted octanol–water partition coefficient (Wildman–Crippen LogP) is 6.65. The maximum absolute atomic E-state index is 14.0. The Bertz CT molecular complexity index is 991. The monoisotopic (exact) mass is 508 g/mol. The van der Waals surface area contributed by atoms with Crippen molar-refractivity contribution in [1.82, 2.24) is 20.7 Å². The van der Waals surface area contributed by atoms with Crippen molar-refractivity contribution in [3.8, 4) is 0 Å². The van der Waals surface area contributed by atoms with Gasteiger partial charge < -0.3 is 10.6 Å². The maximum atomic E-state index is 14.0. The lowest BCUT2D eigenvalue weighted by Gasteiger charge is -2.34. The van der Waals surface area contributed by atoms with Crippen LogP contribution >= 0.6 is 0 Å². The first-order chi connectivity index (χ1) is 17.3. The molecule has 0 spiro atoms. The van der Waals surface area contributed by atoms with Gasteiger partial charge in [-0.1, -0.05) is 91.0 Å². The van der Waals surface area contributed by atoms with Crippen LogP contribution in [0.5, 0.6) is 0 Å². The highest BCUT2D eigenvalue weighted by molar-refractivity contribution is 5.95. The van der Waals surface area contributed by atoms with Gasteiger partial charge in [-0.05, 0) is 61.1 Å². The molecule has 0 radical (unpaired) electrons. The third-order valence-electron chi connectivity index (χ3n) is 7.76. The SMILES string of the molecule is C/C=C\C(=C/C)[C@@H](CC(C)C)NC1=C(C(=O)NC(CC)(CC)c2ccc(C(C)(C)C)cc2)CN(C)N1C. The summed E-state index contributed by atoms with van der Waals surface area (Å²) in [6.07, 6.45) is 9.04. The number of carbonyl (C=O) groups excluding carboxylic acids is 1. The third kappa shape index (κ3) is 7.28. The number of hydrogen-bond acceptors (Lipinski definition) is 4. The molecule has 1 aliphatic rings. The number of nitrogens with one attached hydrogen (secondary N) is 2. The number of hydrogen-bond donors (Lipinski definition) is 2. The van der Waals surface area contributed by atoms with E-state index in [1.807, 2.05) is 21.0 Å². The van der Waals surface area contributed by atoms with Crippen molar-refractivity contribution in [3.63, 3.8) is 0 Å². The first-order valence-electron chi connectivity index (χ1n) is 14.0. The fourth-order valence-electron chi connectivity index (χ4n) is 5.15. The summed E-state index contributed by atoms with van der Waals surface area (Å²) in [6, 6.07) is 8.94. The second-order valence-electron chi connectivity index (χ2n) is 11.9. The van der Waals surface area contributed by atoms with Gasteiger partial charge in [-0.25, -0.2) is 5.01 Å². The molecule has 37 heavy (non-hydrogen) atoms. The van der Waals surface area contributed by atoms with Crippen molar-refractivity contribution >= 4 is 5.91 Å². The molecule has 2 rings (SSSR count). The standard InChI is InChI=1S/C32H52N4O/c1-12-16-24(13-2)28(21-23(5)6)33-29-27(22-35(10)36(29)11)30(37)34-32(14-3,15-4)26-19-17-25(18-20-26)31(7,8)9/h12-13,16-20,23,28,33H,14-15,21-22H2,1-11H3,(H,34,37)/b16-12-,24-13+/t28-/m1/s1. The van der Waals surface area contributed by atoms with E-state index in [0.717, 1.165) is 36.2 Å². The van der Waals surface area contributed by atoms with E-state index in [2.05, 4.69) is 119 Å². The normalized spacial score (nSPS) is 16.8. The lowest BCUT2D eigenvalue weighted by molar-refractivity contribution is -0.119. The summed E-state index contributed by atoms with van der Waals surface area (Å²) >= 11 is 0. The average molecular weight is 509 g/mol. The second kappa shape index (κ2) is 12.8. The molecule has 1 heterocycles. The molecule has 1 aromatic carbocycles. The molecule has 0 unspecified atom stereocenters. The Morgan fingerprint density at radius 3 is 2.05 bits per heavy atom. The zero-order valence-electron chi connectivity index (χ0n) is 25.3. The topological polar surface area (TPSA) is 47.6 Å². The summed E-state index contributed by atoms with van der Waals surface area (Å²) in [4.78, 5) is 14.0. The Labute approximate surface area is 227 Å². The minimum absolute atomic E-state index is 0.00124. The van der Waals surface area contributed by atoms with Gasteiger partial charge in [0, 0.05) is 14.1 Å². The van der Waals surface area contributed by atoms with Crippen molar-refractivity contribution in [2.24, 2.45) is 5.92 Å². The maximum Gasteiger partial charge on any atom is 0.252 e. The van der Waals surface area contributed by atoms with E-state index < -0.39 is 5.54 Å². The van der Waals surface area contributed by atoms with E-state index in [1.54, 1.807) is 0 Å². The van der Waals surface area contributed by atoms with E-state index in [9.17, 15) is 4.79 Å². The van der Waals surface area contributed by atoms with Crippen LogP contribution in [0.1, 0.15) is 92.7 Å². The Morgan fingerprint density at radius 2 is 1.59 bits per heavy atom. The third-order valence-corrected chi connectivity index (χ3v) is 7.76. The van der Waals surface area contributed by atoms with Crippen molar-refractivity contribution in [2.75, 3.05) is 20.6 Å². The number of benzene rings is 1. The number of carbonyl (C=O) groups is 1.